The van der Waals surface area contributed by atoms with E-state index >= 15 is 0 Å². The Morgan fingerprint density at radius 3 is 1.60 bits per heavy atom. The number of likely N-dealkylation sites (tertiary alicyclic amines) is 2. The fourth-order valence-corrected chi connectivity index (χ4v) is 8.19. The molecule has 2 aromatic carbocycles. The molecule has 4 fully saturated rings. The summed E-state index contributed by atoms with van der Waals surface area (Å²) in [6.45, 7) is 13.3. The van der Waals surface area contributed by atoms with Crippen molar-refractivity contribution in [2.75, 3.05) is 53.7 Å². The molecule has 18 heteroatoms. The van der Waals surface area contributed by atoms with Crippen LogP contribution in [0.25, 0.3) is 0 Å². The maximum absolute atomic E-state index is 13.5. The van der Waals surface area contributed by atoms with Gasteiger partial charge in [-0.05, 0) is 108 Å². The smallest absolute Gasteiger partial charge is 0.640 e. The van der Waals surface area contributed by atoms with Gasteiger partial charge in [0.1, 0.15) is 40.7 Å². The quantitative estimate of drug-likeness (QED) is 0.216. The number of nitrogens with zero attached hydrogens (tertiary/aromatic N) is 2. The van der Waals surface area contributed by atoms with E-state index in [1.165, 1.54) is 29.2 Å². The fraction of sp³-hybridized carbons (Fsp3) is 0.625. The van der Waals surface area contributed by atoms with Gasteiger partial charge in [0, 0.05) is 69.9 Å². The third-order valence-corrected chi connectivity index (χ3v) is 11.6. The molecule has 2 aliphatic heterocycles. The number of hydrogen-bond donors (Lipinski definition) is 1. The molecule has 0 aromatic heterocycles. The van der Waals surface area contributed by atoms with Crippen LogP contribution in [0.1, 0.15) is 78.4 Å². The van der Waals surface area contributed by atoms with E-state index < -0.39 is 79.6 Å². The zero-order valence-electron chi connectivity index (χ0n) is 35.3. The summed E-state index contributed by atoms with van der Waals surface area (Å²) < 4.78 is 84.7. The first-order chi connectivity index (χ1) is 26.6. The van der Waals surface area contributed by atoms with Gasteiger partial charge in [0.05, 0.1) is 13.2 Å². The third kappa shape index (κ3) is 13.9. The molecule has 58 heavy (non-hydrogen) atoms. The van der Waals surface area contributed by atoms with E-state index in [2.05, 4.69) is 0 Å². The van der Waals surface area contributed by atoms with Gasteiger partial charge in [-0.25, -0.2) is 32.1 Å². The molecule has 2 heterocycles. The van der Waals surface area contributed by atoms with Crippen LogP contribution >= 0.6 is 0 Å². The fourth-order valence-electron chi connectivity index (χ4n) is 7.35. The predicted octanol–water partition coefficient (Wildman–Crippen LogP) is 2.89. The summed E-state index contributed by atoms with van der Waals surface area (Å²) in [7, 11) is 3.31. The molecule has 4 aliphatic rings. The SMILES string of the molecule is CC(C)(C)OC(=O)N1C[C@@]2(c3cc(F)cc(F)c3)C[C@H]2CC1=O.CC(C)(C)OC(=O)N1C[C@@]2(c3cc(F)cc(F)c3)C[C@H]2CC1O.COCC[O][AlH2-][O]CCOC.[Na+]. The van der Waals surface area contributed by atoms with E-state index in [1.54, 1.807) is 55.8 Å². The van der Waals surface area contributed by atoms with E-state index in [9.17, 15) is 37.1 Å². The van der Waals surface area contributed by atoms with Crippen molar-refractivity contribution in [3.8, 4) is 0 Å². The van der Waals surface area contributed by atoms with Crippen LogP contribution in [-0.2, 0) is 42.1 Å². The summed E-state index contributed by atoms with van der Waals surface area (Å²) in [6.07, 6.45) is -0.318. The van der Waals surface area contributed by atoms with Crippen molar-refractivity contribution in [1.82, 2.24) is 9.80 Å². The van der Waals surface area contributed by atoms with Crippen molar-refractivity contribution in [2.45, 2.75) is 95.5 Å². The molecule has 318 valence electrons. The molecule has 1 unspecified atom stereocenters. The second kappa shape index (κ2) is 21.0. The Kier molecular flexibility index (Phi) is 18.1. The largest absolute Gasteiger partial charge is 1.00 e. The minimum atomic E-state index is -1.23. The van der Waals surface area contributed by atoms with Crippen LogP contribution in [0, 0.1) is 35.1 Å². The number of halogens is 4. The van der Waals surface area contributed by atoms with Crippen molar-refractivity contribution in [2.24, 2.45) is 11.8 Å². The van der Waals surface area contributed by atoms with Gasteiger partial charge in [0.15, 0.2) is 0 Å². The number of ether oxygens (including phenoxy) is 4. The normalized spacial score (nSPS) is 24.4. The van der Waals surface area contributed by atoms with Gasteiger partial charge in [0.25, 0.3) is 0 Å². The number of rotatable bonds is 10. The first-order valence-electron chi connectivity index (χ1n) is 19.1. The minimum absolute atomic E-state index is 0. The molecular formula is C40H56AlF4N2NaO10. The summed E-state index contributed by atoms with van der Waals surface area (Å²) in [5.41, 5.74) is -1.38. The number of fused-ring (bicyclic) bond motifs is 2. The van der Waals surface area contributed by atoms with Gasteiger partial charge >= 0.3 is 57.6 Å². The number of hydrogen-bond acceptors (Lipinski definition) is 10. The second-order valence-electron chi connectivity index (χ2n) is 17.1. The van der Waals surface area contributed by atoms with Gasteiger partial charge in [-0.3, -0.25) is 9.69 Å². The van der Waals surface area contributed by atoms with Crippen LogP contribution in [0.2, 0.25) is 0 Å². The number of amides is 3. The number of methoxy groups -OCH3 is 2. The number of aliphatic hydroxyl groups excluding tert-OH is 1. The van der Waals surface area contributed by atoms with Gasteiger partial charge in [-0.2, -0.15) is 0 Å². The molecule has 1 N–H and O–H groups in total. The molecule has 6 rings (SSSR count). The van der Waals surface area contributed by atoms with E-state index in [0.29, 0.717) is 56.8 Å². The number of imide groups is 1. The molecule has 2 saturated carbocycles. The Hall–Kier alpha value is -2.30. The maximum Gasteiger partial charge on any atom is 1.00 e. The Morgan fingerprint density at radius 1 is 0.724 bits per heavy atom. The standard InChI is InChI=1S/C17H21F2NO3.C17H19F2NO3.2C3H7O2.Al.Na.2H/c2*1-16(2,3)23-15(22)20-9-17(8-11(17)6-14(20)21)10-4-12(18)7-13(19)5-10;2*1-5-3-2-4;;;;/h4-5,7,11,14,21H,6,8-9H2,1-3H3;4-5,7,11H,6,8-9H2,1-3H3;2*2-3H2,1H3;;;;/q;;2*-1;2*+1;;/t11-,14?,17-;11-,17-;;;;;;/m11....../s1. The van der Waals surface area contributed by atoms with Crippen LogP contribution in [0.3, 0.4) is 0 Å². The summed E-state index contributed by atoms with van der Waals surface area (Å²) >= 11 is -1.23. The average molecular weight is 851 g/mol. The van der Waals surface area contributed by atoms with Gasteiger partial charge < -0.3 is 31.6 Å². The number of carbonyl (C=O) groups excluding carboxylic acids is 3. The molecule has 12 nitrogen and oxygen atoms in total. The Labute approximate surface area is 366 Å². The first-order valence-corrected chi connectivity index (χ1v) is 20.8. The van der Waals surface area contributed by atoms with E-state index in [4.69, 9.17) is 26.5 Å². The molecule has 0 bridgehead atoms. The molecule has 5 atom stereocenters. The Bertz CT molecular complexity index is 1680. The molecule has 0 radical (unpaired) electrons. The van der Waals surface area contributed by atoms with Crippen molar-refractivity contribution >= 4 is 34.0 Å². The van der Waals surface area contributed by atoms with E-state index in [0.717, 1.165) is 17.0 Å². The van der Waals surface area contributed by atoms with Crippen LogP contribution in [0.5, 0.6) is 0 Å². The summed E-state index contributed by atoms with van der Waals surface area (Å²) in [5.74, 6) is -2.71. The predicted molar refractivity (Wildman–Crippen MR) is 203 cm³/mol. The van der Waals surface area contributed by atoms with Gasteiger partial charge in [0.2, 0.25) is 5.91 Å². The number of carbonyl (C=O) groups is 3. The zero-order valence-corrected chi connectivity index (χ0v) is 39.3. The van der Waals surface area contributed by atoms with Crippen molar-refractivity contribution in [3.63, 3.8) is 0 Å². The van der Waals surface area contributed by atoms with Crippen molar-refractivity contribution in [3.05, 3.63) is 70.8 Å². The van der Waals surface area contributed by atoms with E-state index in [1.807, 2.05) is 0 Å². The third-order valence-electron chi connectivity index (χ3n) is 10.3. The number of benzene rings is 2. The molecular weight excluding hydrogens is 794 g/mol. The van der Waals surface area contributed by atoms with Crippen molar-refractivity contribution in [1.29, 1.82) is 0 Å². The van der Waals surface area contributed by atoms with Gasteiger partial charge in [-0.15, -0.1) is 0 Å². The van der Waals surface area contributed by atoms with Crippen LogP contribution < -0.4 is 29.6 Å². The van der Waals surface area contributed by atoms with Gasteiger partial charge in [-0.1, -0.05) is 0 Å². The van der Waals surface area contributed by atoms with Crippen molar-refractivity contribution < 1.29 is 93.1 Å². The molecule has 2 aliphatic carbocycles. The number of piperidine rings is 2. The van der Waals surface area contributed by atoms with Crippen LogP contribution in [0.4, 0.5) is 27.2 Å². The minimum Gasteiger partial charge on any atom is -0.640 e. The summed E-state index contributed by atoms with van der Waals surface area (Å²) in [4.78, 5) is 39.0. The van der Waals surface area contributed by atoms with E-state index in [-0.39, 0.29) is 66.8 Å². The monoisotopic (exact) mass is 850 g/mol. The molecule has 3 amide bonds. The number of aliphatic hydroxyl groups is 1. The molecule has 2 aromatic rings. The summed E-state index contributed by atoms with van der Waals surface area (Å²) in [5, 5.41) is 10.2. The average Bonchev–Trinajstić information content (AvgIpc) is 3.99. The topological polar surface area (TPSA) is 133 Å². The van der Waals surface area contributed by atoms with Crippen LogP contribution in [-0.4, -0.2) is 120 Å². The summed E-state index contributed by atoms with van der Waals surface area (Å²) in [6, 6.07) is 6.85. The molecule has 0 spiro atoms. The second-order valence-corrected chi connectivity index (χ2v) is 18.5. The Morgan fingerprint density at radius 2 is 1.16 bits per heavy atom. The zero-order chi connectivity index (χ0) is 42.3. The van der Waals surface area contributed by atoms with Crippen LogP contribution in [0.15, 0.2) is 36.4 Å². The Balaban J connectivity index is 0.000000246. The first kappa shape index (κ1) is 50.1. The maximum atomic E-state index is 13.5. The molecule has 2 saturated heterocycles.